The third kappa shape index (κ3) is 3.47. The average molecular weight is 377 g/mol. The third-order valence-electron chi connectivity index (χ3n) is 5.06. The Labute approximate surface area is 157 Å². The van der Waals surface area contributed by atoms with Crippen molar-refractivity contribution in [2.45, 2.75) is 18.1 Å². The molecule has 2 aromatic carbocycles. The summed E-state index contributed by atoms with van der Waals surface area (Å²) in [6.07, 6.45) is 0.417. The molecule has 1 N–H and O–H groups in total. The van der Waals surface area contributed by atoms with Gasteiger partial charge in [0.05, 0.1) is 11.1 Å². The van der Waals surface area contributed by atoms with Crippen LogP contribution in [0.1, 0.15) is 22.3 Å². The molecule has 1 aliphatic heterocycles. The van der Waals surface area contributed by atoms with Gasteiger partial charge in [0.25, 0.3) is 5.91 Å². The number of amides is 1. The van der Waals surface area contributed by atoms with Gasteiger partial charge in [-0.1, -0.05) is 41.9 Å². The molecule has 26 heavy (non-hydrogen) atoms. The van der Waals surface area contributed by atoms with Crippen molar-refractivity contribution in [3.63, 3.8) is 0 Å². The predicted octanol–water partition coefficient (Wildman–Crippen LogP) is 3.14. The van der Waals surface area contributed by atoms with Crippen molar-refractivity contribution in [3.05, 3.63) is 70.5 Å². The summed E-state index contributed by atoms with van der Waals surface area (Å²) in [6, 6.07) is 13.3. The fraction of sp³-hybridized carbons (Fsp3) is 0.350. The van der Waals surface area contributed by atoms with E-state index in [1.165, 1.54) is 18.2 Å². The first-order valence-corrected chi connectivity index (χ1v) is 8.89. The van der Waals surface area contributed by atoms with Crippen LogP contribution in [0.4, 0.5) is 4.39 Å². The van der Waals surface area contributed by atoms with Crippen molar-refractivity contribution in [1.82, 2.24) is 9.80 Å². The molecular weight excluding hydrogens is 355 g/mol. The van der Waals surface area contributed by atoms with E-state index in [1.807, 2.05) is 49.3 Å². The number of benzene rings is 2. The van der Waals surface area contributed by atoms with Gasteiger partial charge in [-0.15, -0.1) is 0 Å². The third-order valence-corrected chi connectivity index (χ3v) is 5.35. The quantitative estimate of drug-likeness (QED) is 0.895. The second kappa shape index (κ2) is 7.35. The summed E-state index contributed by atoms with van der Waals surface area (Å²) in [6.45, 7) is 0.774. The van der Waals surface area contributed by atoms with Crippen LogP contribution in [0.25, 0.3) is 0 Å². The summed E-state index contributed by atoms with van der Waals surface area (Å²) in [7, 11) is 3.78. The zero-order valence-electron chi connectivity index (χ0n) is 14.8. The van der Waals surface area contributed by atoms with Gasteiger partial charge in [0.1, 0.15) is 11.4 Å². The molecule has 1 amide bonds. The number of likely N-dealkylation sites (tertiary alicyclic amines) is 1. The highest BCUT2D eigenvalue weighted by atomic mass is 35.5. The van der Waals surface area contributed by atoms with E-state index in [0.29, 0.717) is 25.1 Å². The second-order valence-corrected chi connectivity index (χ2v) is 7.31. The smallest absolute Gasteiger partial charge is 0.253 e. The van der Waals surface area contributed by atoms with Gasteiger partial charge in [-0.25, -0.2) is 4.39 Å². The minimum absolute atomic E-state index is 0.0715. The lowest BCUT2D eigenvalue weighted by Gasteiger charge is -2.47. The molecule has 1 aliphatic rings. The SMILES string of the molecule is CN(C)[C@@H]1CN(C(=O)c2ccc(F)c(Cl)c2)CC[C@]1(O)c1ccccc1. The van der Waals surface area contributed by atoms with Crippen molar-refractivity contribution in [2.75, 3.05) is 27.2 Å². The number of rotatable bonds is 3. The van der Waals surface area contributed by atoms with E-state index < -0.39 is 11.4 Å². The molecule has 4 nitrogen and oxygen atoms in total. The van der Waals surface area contributed by atoms with Gasteiger partial charge in [-0.2, -0.15) is 0 Å². The monoisotopic (exact) mass is 376 g/mol. The maximum absolute atomic E-state index is 13.4. The molecule has 0 saturated carbocycles. The number of nitrogens with zero attached hydrogens (tertiary/aromatic N) is 2. The van der Waals surface area contributed by atoms with E-state index >= 15 is 0 Å². The van der Waals surface area contributed by atoms with E-state index in [2.05, 4.69) is 0 Å². The molecule has 6 heteroatoms. The number of carbonyl (C=O) groups is 1. The minimum Gasteiger partial charge on any atom is -0.383 e. The van der Waals surface area contributed by atoms with Crippen LogP contribution in [0.5, 0.6) is 0 Å². The second-order valence-electron chi connectivity index (χ2n) is 6.90. The average Bonchev–Trinajstić information content (AvgIpc) is 2.64. The van der Waals surface area contributed by atoms with Crippen LogP contribution >= 0.6 is 11.6 Å². The normalized spacial score (nSPS) is 23.3. The van der Waals surface area contributed by atoms with Crippen LogP contribution in [0.3, 0.4) is 0 Å². The standard InChI is InChI=1S/C20H22ClFN2O2/c1-23(2)18-13-24(19(25)14-8-9-17(22)16(21)12-14)11-10-20(18,26)15-6-4-3-5-7-15/h3-9,12,18,26H,10-11,13H2,1-2H3/t18-,20+/m1/s1. The zero-order chi connectivity index (χ0) is 18.9. The Kier molecular flexibility index (Phi) is 5.32. The Morgan fingerprint density at radius 3 is 2.58 bits per heavy atom. The van der Waals surface area contributed by atoms with Crippen molar-refractivity contribution in [1.29, 1.82) is 0 Å². The van der Waals surface area contributed by atoms with Gasteiger partial charge in [0.15, 0.2) is 0 Å². The van der Waals surface area contributed by atoms with E-state index in [4.69, 9.17) is 11.6 Å². The molecule has 1 fully saturated rings. The highest BCUT2D eigenvalue weighted by Crippen LogP contribution is 2.35. The van der Waals surface area contributed by atoms with Crippen LogP contribution < -0.4 is 0 Å². The van der Waals surface area contributed by atoms with E-state index in [-0.39, 0.29) is 17.0 Å². The molecule has 1 heterocycles. The van der Waals surface area contributed by atoms with Crippen molar-refractivity contribution < 1.29 is 14.3 Å². The Bertz CT molecular complexity index is 800. The van der Waals surface area contributed by atoms with Gasteiger partial charge < -0.3 is 14.9 Å². The highest BCUT2D eigenvalue weighted by molar-refractivity contribution is 6.31. The Hall–Kier alpha value is -1.95. The fourth-order valence-corrected chi connectivity index (χ4v) is 3.75. The predicted molar refractivity (Wildman–Crippen MR) is 99.7 cm³/mol. The lowest BCUT2D eigenvalue weighted by atomic mass is 9.79. The number of hydrogen-bond acceptors (Lipinski definition) is 3. The maximum atomic E-state index is 13.4. The molecule has 0 spiro atoms. The molecule has 0 radical (unpaired) electrons. The molecule has 138 valence electrons. The molecule has 0 aliphatic carbocycles. The summed E-state index contributed by atoms with van der Waals surface area (Å²) in [5.74, 6) is -0.764. The number of hydrogen-bond donors (Lipinski definition) is 1. The van der Waals surface area contributed by atoms with E-state index in [9.17, 15) is 14.3 Å². The molecule has 2 aromatic rings. The first-order valence-electron chi connectivity index (χ1n) is 8.51. The van der Waals surface area contributed by atoms with Crippen LogP contribution in [0.15, 0.2) is 48.5 Å². The number of likely N-dealkylation sites (N-methyl/N-ethyl adjacent to an activating group) is 1. The van der Waals surface area contributed by atoms with Gasteiger partial charge in [-0.05, 0) is 44.3 Å². The Morgan fingerprint density at radius 2 is 1.96 bits per heavy atom. The van der Waals surface area contributed by atoms with Crippen LogP contribution in [-0.2, 0) is 5.60 Å². The van der Waals surface area contributed by atoms with Crippen LogP contribution in [0.2, 0.25) is 5.02 Å². The molecule has 0 bridgehead atoms. The minimum atomic E-state index is -1.04. The number of carbonyl (C=O) groups excluding carboxylic acids is 1. The number of aliphatic hydroxyl groups is 1. The van der Waals surface area contributed by atoms with Crippen LogP contribution in [-0.4, -0.2) is 54.0 Å². The number of piperidine rings is 1. The molecule has 3 rings (SSSR count). The maximum Gasteiger partial charge on any atom is 0.253 e. The molecule has 0 unspecified atom stereocenters. The fourth-order valence-electron chi connectivity index (χ4n) is 3.57. The van der Waals surface area contributed by atoms with E-state index in [0.717, 1.165) is 5.56 Å². The summed E-state index contributed by atoms with van der Waals surface area (Å²) in [5.41, 5.74) is 0.150. The lowest BCUT2D eigenvalue weighted by molar-refractivity contribution is -0.0810. The molecule has 0 aromatic heterocycles. The summed E-state index contributed by atoms with van der Waals surface area (Å²) >= 11 is 5.81. The van der Waals surface area contributed by atoms with Crippen molar-refractivity contribution in [3.8, 4) is 0 Å². The van der Waals surface area contributed by atoms with Gasteiger partial charge in [-0.3, -0.25) is 4.79 Å². The van der Waals surface area contributed by atoms with Gasteiger partial charge in [0, 0.05) is 18.7 Å². The first kappa shape index (κ1) is 18.8. The topological polar surface area (TPSA) is 43.8 Å². The molecule has 1 saturated heterocycles. The van der Waals surface area contributed by atoms with Crippen molar-refractivity contribution >= 4 is 17.5 Å². The summed E-state index contributed by atoms with van der Waals surface area (Å²) in [5, 5.41) is 11.3. The molecular formula is C20H22ClFN2O2. The zero-order valence-corrected chi connectivity index (χ0v) is 15.6. The molecule has 2 atom stereocenters. The largest absolute Gasteiger partial charge is 0.383 e. The van der Waals surface area contributed by atoms with Crippen LogP contribution in [0, 0.1) is 5.82 Å². The summed E-state index contributed by atoms with van der Waals surface area (Å²) in [4.78, 5) is 16.4. The number of halogens is 2. The highest BCUT2D eigenvalue weighted by Gasteiger charge is 2.45. The lowest BCUT2D eigenvalue weighted by Crippen LogP contribution is -2.60. The Balaban J connectivity index is 1.86. The first-order chi connectivity index (χ1) is 12.3. The van der Waals surface area contributed by atoms with Gasteiger partial charge >= 0.3 is 0 Å². The van der Waals surface area contributed by atoms with E-state index in [1.54, 1.807) is 4.90 Å². The van der Waals surface area contributed by atoms with Crippen molar-refractivity contribution in [2.24, 2.45) is 0 Å². The summed E-state index contributed by atoms with van der Waals surface area (Å²) < 4.78 is 13.4. The Morgan fingerprint density at radius 1 is 1.27 bits per heavy atom. The van der Waals surface area contributed by atoms with Gasteiger partial charge in [0.2, 0.25) is 0 Å².